The van der Waals surface area contributed by atoms with E-state index < -0.39 is 0 Å². The quantitative estimate of drug-likeness (QED) is 0.176. The van der Waals surface area contributed by atoms with E-state index in [1.807, 2.05) is 6.07 Å². The summed E-state index contributed by atoms with van der Waals surface area (Å²) in [6.07, 6.45) is 0. The predicted molar refractivity (Wildman–Crippen MR) is 236 cm³/mol. The van der Waals surface area contributed by atoms with Crippen LogP contribution in [0, 0.1) is 0 Å². The molecule has 0 N–H and O–H groups in total. The molecule has 0 aliphatic rings. The van der Waals surface area contributed by atoms with Crippen molar-refractivity contribution in [3.63, 3.8) is 0 Å². The van der Waals surface area contributed by atoms with Gasteiger partial charge in [-0.25, -0.2) is 15.0 Å². The molecule has 12 aromatic rings. The first-order chi connectivity index (χ1) is 28.2. The Morgan fingerprint density at radius 1 is 0.386 bits per heavy atom. The van der Waals surface area contributed by atoms with Gasteiger partial charge in [-0.15, -0.1) is 11.3 Å². The van der Waals surface area contributed by atoms with Gasteiger partial charge in [0.1, 0.15) is 11.2 Å². The molecule has 0 aliphatic carbocycles. The summed E-state index contributed by atoms with van der Waals surface area (Å²) in [7, 11) is 0. The van der Waals surface area contributed by atoms with Crippen molar-refractivity contribution in [1.82, 2.24) is 19.5 Å². The van der Waals surface area contributed by atoms with Crippen molar-refractivity contribution in [3.8, 4) is 51.0 Å². The maximum Gasteiger partial charge on any atom is 0.164 e. The maximum atomic E-state index is 6.69. The van der Waals surface area contributed by atoms with Crippen molar-refractivity contribution in [2.75, 3.05) is 0 Å². The molecule has 0 unspecified atom stereocenters. The van der Waals surface area contributed by atoms with Gasteiger partial charge in [0.2, 0.25) is 0 Å². The summed E-state index contributed by atoms with van der Waals surface area (Å²) in [5, 5.41) is 6.96. The fraction of sp³-hybridized carbons (Fsp3) is 0. The van der Waals surface area contributed by atoms with E-state index in [4.69, 9.17) is 19.4 Å². The highest BCUT2D eigenvalue weighted by Gasteiger charge is 2.20. The van der Waals surface area contributed by atoms with Gasteiger partial charge in [-0.1, -0.05) is 115 Å². The highest BCUT2D eigenvalue weighted by molar-refractivity contribution is 7.25. The molecule has 0 amide bonds. The molecule has 57 heavy (non-hydrogen) atoms. The summed E-state index contributed by atoms with van der Waals surface area (Å²) in [6, 6.07) is 63.7. The van der Waals surface area contributed by atoms with E-state index in [9.17, 15) is 0 Å². The third-order valence-electron chi connectivity index (χ3n) is 11.1. The molecule has 0 saturated heterocycles. The Morgan fingerprint density at radius 2 is 0.965 bits per heavy atom. The smallest absolute Gasteiger partial charge is 0.164 e. The zero-order valence-corrected chi connectivity index (χ0v) is 31.2. The van der Waals surface area contributed by atoms with Crippen molar-refractivity contribution in [1.29, 1.82) is 0 Å². The lowest BCUT2D eigenvalue weighted by molar-refractivity contribution is 0.669. The molecular formula is C51H30N4OS. The Bertz CT molecular complexity index is 3510. The summed E-state index contributed by atoms with van der Waals surface area (Å²) in [5.41, 5.74) is 10.0. The molecule has 0 radical (unpaired) electrons. The van der Waals surface area contributed by atoms with E-state index in [0.717, 1.165) is 66.5 Å². The van der Waals surface area contributed by atoms with Crippen LogP contribution < -0.4 is 0 Å². The van der Waals surface area contributed by atoms with Crippen molar-refractivity contribution in [3.05, 3.63) is 182 Å². The van der Waals surface area contributed by atoms with Crippen molar-refractivity contribution < 1.29 is 4.42 Å². The van der Waals surface area contributed by atoms with Gasteiger partial charge in [-0.05, 0) is 77.9 Å². The van der Waals surface area contributed by atoms with Gasteiger partial charge in [0.25, 0.3) is 0 Å². The summed E-state index contributed by atoms with van der Waals surface area (Å²) in [4.78, 5) is 15.4. The number of aromatic nitrogens is 4. The first-order valence-corrected chi connectivity index (χ1v) is 19.8. The van der Waals surface area contributed by atoms with E-state index in [2.05, 4.69) is 180 Å². The molecule has 0 spiro atoms. The minimum atomic E-state index is 0.586. The highest BCUT2D eigenvalue weighted by Crippen LogP contribution is 2.42. The van der Waals surface area contributed by atoms with Crippen molar-refractivity contribution >= 4 is 75.3 Å². The van der Waals surface area contributed by atoms with E-state index in [1.54, 1.807) is 11.3 Å². The second-order valence-electron chi connectivity index (χ2n) is 14.4. The Balaban J connectivity index is 1.05. The van der Waals surface area contributed by atoms with Gasteiger partial charge in [-0.3, -0.25) is 0 Å². The molecule has 4 heterocycles. The van der Waals surface area contributed by atoms with Gasteiger partial charge in [0.05, 0.1) is 16.4 Å². The third-order valence-corrected chi connectivity index (χ3v) is 12.2. The van der Waals surface area contributed by atoms with Crippen LogP contribution in [0.2, 0.25) is 0 Å². The lowest BCUT2D eigenvalue weighted by Crippen LogP contribution is -2.00. The van der Waals surface area contributed by atoms with E-state index in [-0.39, 0.29) is 0 Å². The number of nitrogens with zero attached hydrogens (tertiary/aromatic N) is 4. The number of benzene rings is 8. The van der Waals surface area contributed by atoms with Crippen LogP contribution in [-0.4, -0.2) is 19.5 Å². The molecular weight excluding hydrogens is 717 g/mol. The minimum absolute atomic E-state index is 0.586. The molecule has 0 bridgehead atoms. The zero-order valence-electron chi connectivity index (χ0n) is 30.4. The summed E-state index contributed by atoms with van der Waals surface area (Å²) < 4.78 is 11.6. The van der Waals surface area contributed by atoms with Crippen LogP contribution in [0.4, 0.5) is 0 Å². The van der Waals surface area contributed by atoms with E-state index in [1.165, 1.54) is 30.9 Å². The van der Waals surface area contributed by atoms with E-state index >= 15 is 0 Å². The SMILES string of the molecule is c1ccc(-c2ccc(-c3nc(-c4ccc5c(c4)oc4ccc6c7ccccc7n(-c7ccccc7)c6c45)nc(-c4ccc5sc6ccccc6c5c4)n3)cc2)cc1. The molecule has 4 aromatic heterocycles. The molecule has 6 heteroatoms. The molecule has 8 aromatic carbocycles. The average molecular weight is 747 g/mol. The molecule has 5 nitrogen and oxygen atoms in total. The zero-order chi connectivity index (χ0) is 37.5. The fourth-order valence-corrected chi connectivity index (χ4v) is 9.46. The Hall–Kier alpha value is -7.41. The second kappa shape index (κ2) is 12.6. The molecule has 0 saturated carbocycles. The Morgan fingerprint density at radius 3 is 1.77 bits per heavy atom. The monoisotopic (exact) mass is 746 g/mol. The predicted octanol–water partition coefficient (Wildman–Crippen LogP) is 13.9. The fourth-order valence-electron chi connectivity index (χ4n) is 8.37. The van der Waals surface area contributed by atoms with Crippen molar-refractivity contribution in [2.24, 2.45) is 0 Å². The van der Waals surface area contributed by atoms with Gasteiger partial charge >= 0.3 is 0 Å². The number of fused-ring (bicyclic) bond motifs is 10. The minimum Gasteiger partial charge on any atom is -0.456 e. The third kappa shape index (κ3) is 5.12. The van der Waals surface area contributed by atoms with Crippen LogP contribution in [-0.2, 0) is 0 Å². The molecule has 266 valence electrons. The number of hydrogen-bond donors (Lipinski definition) is 0. The van der Waals surface area contributed by atoms with Crippen LogP contribution in [0.1, 0.15) is 0 Å². The largest absolute Gasteiger partial charge is 0.456 e. The number of hydrogen-bond acceptors (Lipinski definition) is 5. The van der Waals surface area contributed by atoms with Crippen LogP contribution in [0.25, 0.3) is 115 Å². The van der Waals surface area contributed by atoms with Crippen LogP contribution >= 0.6 is 11.3 Å². The summed E-state index contributed by atoms with van der Waals surface area (Å²) in [5.74, 6) is 1.82. The van der Waals surface area contributed by atoms with Gasteiger partial charge < -0.3 is 8.98 Å². The summed E-state index contributed by atoms with van der Waals surface area (Å²) >= 11 is 1.80. The number of furan rings is 1. The first kappa shape index (κ1) is 31.9. The number of rotatable bonds is 5. The lowest BCUT2D eigenvalue weighted by Gasteiger charge is -2.10. The normalized spacial score (nSPS) is 11.9. The molecule has 0 atom stereocenters. The number of thiophene rings is 1. The Labute approximate surface area is 330 Å². The molecule has 0 fully saturated rings. The lowest BCUT2D eigenvalue weighted by atomic mass is 10.0. The standard InChI is InChI=1S/C51H30N4OS/c1-3-11-31(12-4-1)32-19-21-33(22-20-32)49-52-50(34-24-28-46-41(29-34)38-16-8-10-18-45(38)57-46)54-51(53-49)35-23-25-40-44(30-35)56-43-27-26-39-37-15-7-9-17-42(37)55(48(39)47(40)43)36-13-5-2-6-14-36/h1-30H. The highest BCUT2D eigenvalue weighted by atomic mass is 32.1. The number of para-hydroxylation sites is 2. The second-order valence-corrected chi connectivity index (χ2v) is 15.5. The topological polar surface area (TPSA) is 56.7 Å². The Kier molecular flexibility index (Phi) is 7.03. The van der Waals surface area contributed by atoms with Crippen molar-refractivity contribution in [2.45, 2.75) is 0 Å². The summed E-state index contributed by atoms with van der Waals surface area (Å²) in [6.45, 7) is 0. The van der Waals surface area contributed by atoms with E-state index in [0.29, 0.717) is 17.5 Å². The molecule has 12 rings (SSSR count). The van der Waals surface area contributed by atoms with Crippen LogP contribution in [0.5, 0.6) is 0 Å². The average Bonchev–Trinajstić information content (AvgIpc) is 3.96. The van der Waals surface area contributed by atoms with Crippen LogP contribution in [0.3, 0.4) is 0 Å². The van der Waals surface area contributed by atoms with Gasteiger partial charge in [0.15, 0.2) is 17.5 Å². The first-order valence-electron chi connectivity index (χ1n) is 19.0. The molecule has 0 aliphatic heterocycles. The maximum absolute atomic E-state index is 6.69. The van der Waals surface area contributed by atoms with Gasteiger partial charge in [-0.2, -0.15) is 0 Å². The van der Waals surface area contributed by atoms with Gasteiger partial charge in [0, 0.05) is 58.7 Å². The van der Waals surface area contributed by atoms with Crippen LogP contribution in [0.15, 0.2) is 186 Å².